The molecule has 0 spiro atoms. The van der Waals surface area contributed by atoms with Gasteiger partial charge in [-0.2, -0.15) is 0 Å². The molecule has 2 aromatic carbocycles. The molecule has 6 heteroatoms. The molecule has 0 saturated heterocycles. The summed E-state index contributed by atoms with van der Waals surface area (Å²) in [6.45, 7) is 1.97. The van der Waals surface area contributed by atoms with E-state index in [1.807, 2.05) is 48.5 Å². The Morgan fingerprint density at radius 3 is 2.18 bits per heavy atom. The fourth-order valence-corrected chi connectivity index (χ4v) is 3.43. The summed E-state index contributed by atoms with van der Waals surface area (Å²) in [6.07, 6.45) is 2.81. The molecule has 1 atom stereocenters. The lowest BCUT2D eigenvalue weighted by molar-refractivity contribution is -0.137. The monoisotopic (exact) mass is 378 g/mol. The molecular weight excluding hydrogens is 356 g/mol. The van der Waals surface area contributed by atoms with Crippen molar-refractivity contribution in [3.63, 3.8) is 0 Å². The summed E-state index contributed by atoms with van der Waals surface area (Å²) in [5.74, 6) is -1.98. The molecule has 3 N–H and O–H groups in total. The first-order chi connectivity index (χ1) is 13.5. The van der Waals surface area contributed by atoms with Crippen molar-refractivity contribution in [3.8, 4) is 11.1 Å². The van der Waals surface area contributed by atoms with E-state index in [-0.39, 0.29) is 18.9 Å². The van der Waals surface area contributed by atoms with Gasteiger partial charge in [0, 0.05) is 6.08 Å². The van der Waals surface area contributed by atoms with Gasteiger partial charge in [-0.1, -0.05) is 54.6 Å². The van der Waals surface area contributed by atoms with Crippen molar-refractivity contribution in [2.75, 3.05) is 6.61 Å². The molecule has 0 fully saturated rings. The fraction of sp³-hybridized carbons (Fsp3) is 0.227. The van der Waals surface area contributed by atoms with E-state index in [4.69, 9.17) is 10.5 Å². The van der Waals surface area contributed by atoms with Crippen LogP contribution in [-0.2, 0) is 19.1 Å². The Bertz CT molecular complexity index is 890. The van der Waals surface area contributed by atoms with Crippen molar-refractivity contribution < 1.29 is 19.1 Å². The Morgan fingerprint density at radius 1 is 1.07 bits per heavy atom. The number of fused-ring (bicyclic) bond motifs is 3. The van der Waals surface area contributed by atoms with Gasteiger partial charge in [-0.25, -0.2) is 4.79 Å². The average Bonchev–Trinajstić information content (AvgIpc) is 3.02. The Kier molecular flexibility index (Phi) is 5.89. The van der Waals surface area contributed by atoms with Crippen LogP contribution in [0, 0.1) is 0 Å². The zero-order chi connectivity index (χ0) is 20.1. The van der Waals surface area contributed by atoms with Gasteiger partial charge >= 0.3 is 5.97 Å². The van der Waals surface area contributed by atoms with Crippen molar-refractivity contribution in [3.05, 3.63) is 71.8 Å². The van der Waals surface area contributed by atoms with E-state index in [1.165, 1.54) is 12.2 Å². The van der Waals surface area contributed by atoms with Crippen molar-refractivity contribution in [1.29, 1.82) is 0 Å². The minimum absolute atomic E-state index is 0.107. The molecule has 2 amide bonds. The predicted molar refractivity (Wildman–Crippen MR) is 105 cm³/mol. The van der Waals surface area contributed by atoms with Crippen molar-refractivity contribution >= 4 is 17.8 Å². The Balaban J connectivity index is 1.79. The van der Waals surface area contributed by atoms with Gasteiger partial charge in [-0.15, -0.1) is 0 Å². The zero-order valence-electron chi connectivity index (χ0n) is 15.6. The number of amides is 2. The maximum atomic E-state index is 13.1. The number of esters is 1. The number of nitrogens with one attached hydrogen (secondary N) is 1. The molecule has 0 bridgehead atoms. The second kappa shape index (κ2) is 8.52. The van der Waals surface area contributed by atoms with E-state index < -0.39 is 23.8 Å². The number of hydrogen-bond donors (Lipinski definition) is 2. The number of primary amides is 1. The number of carbonyl (C=O) groups is 3. The van der Waals surface area contributed by atoms with E-state index in [9.17, 15) is 14.4 Å². The molecule has 6 nitrogen and oxygen atoms in total. The number of nitrogens with two attached hydrogens (primary N) is 1. The van der Waals surface area contributed by atoms with E-state index in [0.717, 1.165) is 22.3 Å². The Hall–Kier alpha value is -3.41. The molecule has 0 radical (unpaired) electrons. The Labute approximate surface area is 163 Å². The van der Waals surface area contributed by atoms with Crippen LogP contribution >= 0.6 is 0 Å². The van der Waals surface area contributed by atoms with Gasteiger partial charge in [0.1, 0.15) is 6.04 Å². The van der Waals surface area contributed by atoms with E-state index in [1.54, 1.807) is 6.92 Å². The first kappa shape index (κ1) is 19.4. The lowest BCUT2D eigenvalue weighted by Crippen LogP contribution is -2.45. The number of benzene rings is 2. The molecule has 0 unspecified atom stereocenters. The highest BCUT2D eigenvalue weighted by Gasteiger charge is 2.34. The van der Waals surface area contributed by atoms with Gasteiger partial charge in [0.25, 0.3) is 0 Å². The Morgan fingerprint density at radius 2 is 1.64 bits per heavy atom. The van der Waals surface area contributed by atoms with Crippen LogP contribution in [0.25, 0.3) is 11.1 Å². The summed E-state index contributed by atoms with van der Waals surface area (Å²) >= 11 is 0. The molecule has 3 rings (SSSR count). The van der Waals surface area contributed by atoms with Crippen LogP contribution in [0.15, 0.2) is 60.7 Å². The summed E-state index contributed by atoms with van der Waals surface area (Å²) in [7, 11) is 0. The number of hydrogen-bond acceptors (Lipinski definition) is 4. The molecule has 1 aliphatic rings. The minimum atomic E-state index is -0.918. The highest BCUT2D eigenvalue weighted by atomic mass is 16.5. The molecule has 28 heavy (non-hydrogen) atoms. The third-order valence-electron chi connectivity index (χ3n) is 4.67. The van der Waals surface area contributed by atoms with Crippen molar-refractivity contribution in [1.82, 2.24) is 5.32 Å². The summed E-state index contributed by atoms with van der Waals surface area (Å²) in [5, 5.41) is 2.73. The highest BCUT2D eigenvalue weighted by molar-refractivity contribution is 5.98. The van der Waals surface area contributed by atoms with Crippen LogP contribution in [0.2, 0.25) is 0 Å². The molecular formula is C22H22N2O4. The third kappa shape index (κ3) is 3.96. The number of rotatable bonds is 7. The first-order valence-electron chi connectivity index (χ1n) is 9.14. The van der Waals surface area contributed by atoms with Crippen molar-refractivity contribution in [2.24, 2.45) is 5.73 Å². The van der Waals surface area contributed by atoms with Crippen LogP contribution < -0.4 is 11.1 Å². The SMILES string of the molecule is CCOC(=O)/C=C/C[C@@H](NC(=O)C1c2ccccc2-c2ccccc21)C(N)=O. The van der Waals surface area contributed by atoms with Crippen LogP contribution in [0.4, 0.5) is 0 Å². The maximum Gasteiger partial charge on any atom is 0.330 e. The first-order valence-corrected chi connectivity index (χ1v) is 9.14. The second-order valence-corrected chi connectivity index (χ2v) is 6.46. The molecule has 0 aromatic heterocycles. The number of ether oxygens (including phenoxy) is 1. The lowest BCUT2D eigenvalue weighted by Gasteiger charge is -2.18. The summed E-state index contributed by atoms with van der Waals surface area (Å²) in [5.41, 5.74) is 9.26. The van der Waals surface area contributed by atoms with E-state index >= 15 is 0 Å². The van der Waals surface area contributed by atoms with Crippen LogP contribution in [0.5, 0.6) is 0 Å². The van der Waals surface area contributed by atoms with Gasteiger partial charge in [-0.05, 0) is 35.6 Å². The van der Waals surface area contributed by atoms with Crippen LogP contribution in [0.1, 0.15) is 30.4 Å². The van der Waals surface area contributed by atoms with Crippen LogP contribution in [0.3, 0.4) is 0 Å². The largest absolute Gasteiger partial charge is 0.463 e. The quantitative estimate of drug-likeness (QED) is 0.570. The number of carbonyl (C=O) groups excluding carboxylic acids is 3. The van der Waals surface area contributed by atoms with Gasteiger partial charge in [0.2, 0.25) is 11.8 Å². The average molecular weight is 378 g/mol. The molecule has 2 aromatic rings. The van der Waals surface area contributed by atoms with Gasteiger partial charge < -0.3 is 15.8 Å². The third-order valence-corrected chi connectivity index (χ3v) is 4.67. The van der Waals surface area contributed by atoms with Crippen LogP contribution in [-0.4, -0.2) is 30.4 Å². The molecule has 0 aliphatic heterocycles. The highest BCUT2D eigenvalue weighted by Crippen LogP contribution is 2.44. The second-order valence-electron chi connectivity index (χ2n) is 6.46. The van der Waals surface area contributed by atoms with Gasteiger partial charge in [0.15, 0.2) is 0 Å². The molecule has 0 saturated carbocycles. The zero-order valence-corrected chi connectivity index (χ0v) is 15.6. The molecule has 0 heterocycles. The topological polar surface area (TPSA) is 98.5 Å². The molecule has 144 valence electrons. The van der Waals surface area contributed by atoms with E-state index in [2.05, 4.69) is 5.32 Å². The van der Waals surface area contributed by atoms with Crippen molar-refractivity contribution in [2.45, 2.75) is 25.3 Å². The minimum Gasteiger partial charge on any atom is -0.463 e. The normalized spacial score (nSPS) is 13.6. The smallest absolute Gasteiger partial charge is 0.330 e. The summed E-state index contributed by atoms with van der Waals surface area (Å²) < 4.78 is 4.80. The standard InChI is InChI=1S/C22H22N2O4/c1-2-28-19(25)13-7-12-18(21(23)26)24-22(27)20-16-10-5-3-8-14(16)15-9-4-6-11-17(15)20/h3-11,13,18,20H,2,12H2,1H3,(H2,23,26)(H,24,27)/b13-7+/t18-/m1/s1. The lowest BCUT2D eigenvalue weighted by atomic mass is 9.95. The van der Waals surface area contributed by atoms with E-state index in [0.29, 0.717) is 0 Å². The van der Waals surface area contributed by atoms with Gasteiger partial charge in [0.05, 0.1) is 12.5 Å². The molecule has 1 aliphatic carbocycles. The van der Waals surface area contributed by atoms with Gasteiger partial charge in [-0.3, -0.25) is 9.59 Å². The summed E-state index contributed by atoms with van der Waals surface area (Å²) in [4.78, 5) is 36.2. The predicted octanol–water partition coefficient (Wildman–Crippen LogP) is 2.28. The maximum absolute atomic E-state index is 13.1. The fourth-order valence-electron chi connectivity index (χ4n) is 3.43. The summed E-state index contributed by atoms with van der Waals surface area (Å²) in [6, 6.07) is 14.5.